The van der Waals surface area contributed by atoms with E-state index >= 15 is 0 Å². The Labute approximate surface area is 203 Å². The van der Waals surface area contributed by atoms with Gasteiger partial charge in [0.15, 0.2) is 5.16 Å². The van der Waals surface area contributed by atoms with Gasteiger partial charge in [0.25, 0.3) is 0 Å². The van der Waals surface area contributed by atoms with Gasteiger partial charge in [0, 0.05) is 25.1 Å². The molecular weight excluding hydrogens is 463 g/mol. The van der Waals surface area contributed by atoms with Crippen LogP contribution in [0.25, 0.3) is 5.69 Å². The van der Waals surface area contributed by atoms with Gasteiger partial charge in [-0.05, 0) is 43.0 Å². The molecule has 0 saturated carbocycles. The van der Waals surface area contributed by atoms with Crippen molar-refractivity contribution in [2.45, 2.75) is 50.6 Å². The van der Waals surface area contributed by atoms with Crippen LogP contribution in [0.4, 0.5) is 0 Å². The first kappa shape index (κ1) is 24.6. The minimum absolute atomic E-state index is 0.132. The Kier molecular flexibility index (Phi) is 9.90. The van der Waals surface area contributed by atoms with Gasteiger partial charge in [-0.2, -0.15) is 0 Å². The number of amides is 1. The number of nitrogens with one attached hydrogen (secondary N) is 1. The van der Waals surface area contributed by atoms with E-state index in [-0.39, 0.29) is 5.91 Å². The Morgan fingerprint density at radius 3 is 2.59 bits per heavy atom. The van der Waals surface area contributed by atoms with Crippen molar-refractivity contribution >= 4 is 40.9 Å². The molecule has 0 bridgehead atoms. The first-order valence-corrected chi connectivity index (χ1v) is 12.7. The maximum Gasteiger partial charge on any atom is 0.219 e. The minimum atomic E-state index is 0.132. The van der Waals surface area contributed by atoms with Crippen molar-refractivity contribution in [3.63, 3.8) is 0 Å². The number of hydrogen-bond acceptors (Lipinski definition) is 4. The second kappa shape index (κ2) is 12.9. The molecule has 0 radical (unpaired) electrons. The number of benzene rings is 2. The number of hydrogen-bond donors (Lipinski definition) is 1. The Morgan fingerprint density at radius 1 is 1.03 bits per heavy atom. The fraction of sp³-hybridized carbons (Fsp3) is 0.375. The quantitative estimate of drug-likeness (QED) is 0.237. The topological polar surface area (TPSA) is 59.8 Å². The molecule has 2 aromatic carbocycles. The van der Waals surface area contributed by atoms with E-state index in [1.54, 1.807) is 17.8 Å². The van der Waals surface area contributed by atoms with Gasteiger partial charge in [-0.1, -0.05) is 78.6 Å². The van der Waals surface area contributed by atoms with Crippen LogP contribution in [-0.2, 0) is 11.2 Å². The van der Waals surface area contributed by atoms with Crippen molar-refractivity contribution in [3.8, 4) is 5.69 Å². The molecule has 0 fully saturated rings. The molecule has 170 valence electrons. The first-order valence-electron chi connectivity index (χ1n) is 10.9. The molecule has 8 heteroatoms. The van der Waals surface area contributed by atoms with E-state index in [1.165, 1.54) is 0 Å². The molecule has 0 atom stereocenters. The second-order valence-corrected chi connectivity index (χ2v) is 9.38. The zero-order valence-electron chi connectivity index (χ0n) is 18.2. The predicted molar refractivity (Wildman–Crippen MR) is 133 cm³/mol. The van der Waals surface area contributed by atoms with Crippen molar-refractivity contribution in [2.75, 3.05) is 12.3 Å². The van der Waals surface area contributed by atoms with Crippen LogP contribution in [0.5, 0.6) is 0 Å². The van der Waals surface area contributed by atoms with Crippen molar-refractivity contribution in [3.05, 3.63) is 70.0 Å². The number of thioether (sulfide) groups is 1. The third kappa shape index (κ3) is 7.26. The van der Waals surface area contributed by atoms with Crippen LogP contribution < -0.4 is 5.32 Å². The maximum atomic E-state index is 11.9. The average Bonchev–Trinajstić information content (AvgIpc) is 3.18. The summed E-state index contributed by atoms with van der Waals surface area (Å²) in [5.74, 6) is 1.83. The third-order valence-corrected chi connectivity index (χ3v) is 6.70. The summed E-state index contributed by atoms with van der Waals surface area (Å²) in [5, 5.41) is 13.7. The number of nitrogens with zero attached hydrogens (tertiary/aromatic N) is 3. The van der Waals surface area contributed by atoms with E-state index in [2.05, 4.69) is 34.6 Å². The molecule has 1 heterocycles. The lowest BCUT2D eigenvalue weighted by molar-refractivity contribution is -0.121. The van der Waals surface area contributed by atoms with Gasteiger partial charge in [0.2, 0.25) is 5.91 Å². The molecule has 32 heavy (non-hydrogen) atoms. The SMILES string of the molecule is CCCCNC(=O)CCCCSc1nnc(Cc2ccccc2)n1-c1ccc(Cl)c(Cl)c1. The molecule has 0 saturated heterocycles. The summed E-state index contributed by atoms with van der Waals surface area (Å²) < 4.78 is 2.04. The van der Waals surface area contributed by atoms with Crippen molar-refractivity contribution in [1.82, 2.24) is 20.1 Å². The van der Waals surface area contributed by atoms with Gasteiger partial charge < -0.3 is 5.32 Å². The van der Waals surface area contributed by atoms with E-state index in [0.29, 0.717) is 22.9 Å². The second-order valence-electron chi connectivity index (χ2n) is 7.50. The Morgan fingerprint density at radius 2 is 1.84 bits per heavy atom. The smallest absolute Gasteiger partial charge is 0.219 e. The molecule has 0 aliphatic carbocycles. The van der Waals surface area contributed by atoms with Gasteiger partial charge in [-0.25, -0.2) is 0 Å². The van der Waals surface area contributed by atoms with Gasteiger partial charge in [-0.3, -0.25) is 9.36 Å². The summed E-state index contributed by atoms with van der Waals surface area (Å²) in [7, 11) is 0. The van der Waals surface area contributed by atoms with Gasteiger partial charge in [0.05, 0.1) is 15.7 Å². The number of carbonyl (C=O) groups excluding carboxylic acids is 1. The summed E-state index contributed by atoms with van der Waals surface area (Å²) in [6.45, 7) is 2.88. The van der Waals surface area contributed by atoms with Crippen LogP contribution in [0, 0.1) is 0 Å². The molecule has 1 aromatic heterocycles. The zero-order valence-corrected chi connectivity index (χ0v) is 20.5. The van der Waals surface area contributed by atoms with Crippen LogP contribution in [0.3, 0.4) is 0 Å². The summed E-state index contributed by atoms with van der Waals surface area (Å²) >= 11 is 14.0. The number of rotatable bonds is 12. The minimum Gasteiger partial charge on any atom is -0.356 e. The molecule has 1 N–H and O–H groups in total. The van der Waals surface area contributed by atoms with E-state index in [1.807, 2.05) is 34.9 Å². The standard InChI is InChI=1S/C24H28Cl2N4OS/c1-2-3-14-27-23(31)11-7-8-15-32-24-29-28-22(16-18-9-5-4-6-10-18)30(24)19-12-13-20(25)21(26)17-19/h4-6,9-10,12-13,17H,2-3,7-8,11,14-16H2,1H3,(H,27,31). The van der Waals surface area contributed by atoms with Crippen LogP contribution in [0.2, 0.25) is 10.0 Å². The molecule has 0 aliphatic rings. The third-order valence-electron chi connectivity index (χ3n) is 4.95. The first-order chi connectivity index (χ1) is 15.6. The van der Waals surface area contributed by atoms with E-state index in [9.17, 15) is 4.79 Å². The molecule has 3 rings (SSSR count). The molecule has 0 spiro atoms. The summed E-state index contributed by atoms with van der Waals surface area (Å²) in [4.78, 5) is 11.9. The summed E-state index contributed by atoms with van der Waals surface area (Å²) in [5.41, 5.74) is 2.04. The molecule has 1 amide bonds. The van der Waals surface area contributed by atoms with Gasteiger partial charge in [-0.15, -0.1) is 10.2 Å². The molecule has 3 aromatic rings. The van der Waals surface area contributed by atoms with E-state index in [0.717, 1.165) is 60.2 Å². The number of aromatic nitrogens is 3. The lowest BCUT2D eigenvalue weighted by atomic mass is 10.1. The monoisotopic (exact) mass is 490 g/mol. The molecule has 0 unspecified atom stereocenters. The van der Waals surface area contributed by atoms with Crippen LogP contribution in [0.1, 0.15) is 50.4 Å². The highest BCUT2D eigenvalue weighted by Crippen LogP contribution is 2.29. The van der Waals surface area contributed by atoms with Gasteiger partial charge in [0.1, 0.15) is 5.82 Å². The van der Waals surface area contributed by atoms with Crippen molar-refractivity contribution in [2.24, 2.45) is 0 Å². The van der Waals surface area contributed by atoms with Crippen LogP contribution in [0.15, 0.2) is 53.7 Å². The molecule has 5 nitrogen and oxygen atoms in total. The molecule has 0 aliphatic heterocycles. The van der Waals surface area contributed by atoms with Crippen molar-refractivity contribution < 1.29 is 4.79 Å². The van der Waals surface area contributed by atoms with Crippen molar-refractivity contribution in [1.29, 1.82) is 0 Å². The Bertz CT molecular complexity index is 1010. The maximum absolute atomic E-state index is 11.9. The average molecular weight is 491 g/mol. The van der Waals surface area contributed by atoms with E-state index in [4.69, 9.17) is 23.2 Å². The zero-order chi connectivity index (χ0) is 22.8. The highest BCUT2D eigenvalue weighted by molar-refractivity contribution is 7.99. The highest BCUT2D eigenvalue weighted by atomic mass is 35.5. The van der Waals surface area contributed by atoms with E-state index < -0.39 is 0 Å². The van der Waals surface area contributed by atoms with Gasteiger partial charge >= 0.3 is 0 Å². The predicted octanol–water partition coefficient (Wildman–Crippen LogP) is 6.34. The molecular formula is C24H28Cl2N4OS. The Balaban J connectivity index is 1.66. The number of carbonyl (C=O) groups is 1. The fourth-order valence-electron chi connectivity index (χ4n) is 3.21. The lowest BCUT2D eigenvalue weighted by Gasteiger charge is -2.11. The Hall–Kier alpha value is -2.02. The lowest BCUT2D eigenvalue weighted by Crippen LogP contribution is -2.23. The van der Waals surface area contributed by atoms with Crippen LogP contribution in [-0.4, -0.2) is 33.0 Å². The summed E-state index contributed by atoms with van der Waals surface area (Å²) in [6, 6.07) is 15.7. The number of unbranched alkanes of at least 4 members (excludes halogenated alkanes) is 2. The largest absolute Gasteiger partial charge is 0.356 e. The highest BCUT2D eigenvalue weighted by Gasteiger charge is 2.16. The fourth-order valence-corrected chi connectivity index (χ4v) is 4.48. The van der Waals surface area contributed by atoms with Crippen LogP contribution >= 0.6 is 35.0 Å². The normalized spacial score (nSPS) is 11.0. The summed E-state index contributed by atoms with van der Waals surface area (Å²) in [6.07, 6.45) is 5.10. The number of halogens is 2.